The van der Waals surface area contributed by atoms with Gasteiger partial charge in [0.2, 0.25) is 5.88 Å². The van der Waals surface area contributed by atoms with E-state index in [1.54, 1.807) is 0 Å². The van der Waals surface area contributed by atoms with Gasteiger partial charge in [-0.2, -0.15) is 0 Å². The molecule has 0 aliphatic heterocycles. The smallest absolute Gasteiger partial charge is 0.332 e. The number of hydrogen-bond donors (Lipinski definition) is 2. The summed E-state index contributed by atoms with van der Waals surface area (Å²) in [5.41, 5.74) is 0.378. The first kappa shape index (κ1) is 9.72. The van der Waals surface area contributed by atoms with Crippen molar-refractivity contribution in [2.24, 2.45) is 0 Å². The van der Waals surface area contributed by atoms with E-state index in [0.717, 1.165) is 16.5 Å². The van der Waals surface area contributed by atoms with Gasteiger partial charge in [0.15, 0.2) is 0 Å². The molecular weight excluding hydrogens is 216 g/mol. The first-order chi connectivity index (χ1) is 8.24. The highest BCUT2D eigenvalue weighted by Gasteiger charge is 2.04. The molecule has 0 aliphatic rings. The fourth-order valence-electron chi connectivity index (χ4n) is 1.90. The maximum atomic E-state index is 11.5. The number of imidazole rings is 1. The highest BCUT2D eigenvalue weighted by Crippen LogP contribution is 2.18. The Hall–Kier alpha value is -2.49. The largest absolute Gasteiger partial charge is 0.493 e. The van der Waals surface area contributed by atoms with Crippen molar-refractivity contribution >= 4 is 10.8 Å². The minimum atomic E-state index is -0.349. The fraction of sp³-hybridized carbons (Fsp3) is 0. The van der Waals surface area contributed by atoms with Gasteiger partial charge in [-0.1, -0.05) is 30.3 Å². The number of nitrogens with one attached hydrogen (secondary N) is 1. The van der Waals surface area contributed by atoms with Gasteiger partial charge in [0.1, 0.15) is 0 Å². The molecule has 0 atom stereocenters. The normalized spacial score (nSPS) is 10.8. The third-order valence-corrected chi connectivity index (χ3v) is 2.72. The van der Waals surface area contributed by atoms with Crippen LogP contribution in [0.25, 0.3) is 16.5 Å². The molecule has 0 saturated heterocycles. The Bertz CT molecular complexity index is 740. The Morgan fingerprint density at radius 1 is 1.06 bits per heavy atom. The summed E-state index contributed by atoms with van der Waals surface area (Å²) < 4.78 is 1.38. The van der Waals surface area contributed by atoms with E-state index < -0.39 is 0 Å². The van der Waals surface area contributed by atoms with Crippen LogP contribution < -0.4 is 5.69 Å². The summed E-state index contributed by atoms with van der Waals surface area (Å²) in [4.78, 5) is 13.8. The van der Waals surface area contributed by atoms with Gasteiger partial charge in [-0.05, 0) is 22.9 Å². The average molecular weight is 226 g/mol. The highest BCUT2D eigenvalue weighted by atomic mass is 16.3. The van der Waals surface area contributed by atoms with Crippen molar-refractivity contribution in [3.63, 3.8) is 0 Å². The predicted octanol–water partition coefficient (Wildman–Crippen LogP) is 2.02. The Morgan fingerprint density at radius 3 is 2.53 bits per heavy atom. The lowest BCUT2D eigenvalue weighted by atomic mass is 10.1. The van der Waals surface area contributed by atoms with Crippen molar-refractivity contribution in [2.75, 3.05) is 0 Å². The van der Waals surface area contributed by atoms with Gasteiger partial charge in [0.25, 0.3) is 0 Å². The van der Waals surface area contributed by atoms with Crippen LogP contribution in [0.5, 0.6) is 5.88 Å². The maximum Gasteiger partial charge on any atom is 0.332 e. The SMILES string of the molecule is O=c1[nH]c(O)cn1-c1ccc2ccccc2c1. The van der Waals surface area contributed by atoms with E-state index in [2.05, 4.69) is 4.98 Å². The van der Waals surface area contributed by atoms with Gasteiger partial charge in [-0.25, -0.2) is 4.79 Å². The molecule has 2 aromatic carbocycles. The first-order valence-corrected chi connectivity index (χ1v) is 5.24. The molecule has 17 heavy (non-hydrogen) atoms. The van der Waals surface area contributed by atoms with Crippen LogP contribution in [0.15, 0.2) is 53.5 Å². The second kappa shape index (κ2) is 3.52. The quantitative estimate of drug-likeness (QED) is 0.667. The third-order valence-electron chi connectivity index (χ3n) is 2.72. The molecule has 3 rings (SSSR count). The molecule has 2 N–H and O–H groups in total. The van der Waals surface area contributed by atoms with Gasteiger partial charge < -0.3 is 5.11 Å². The maximum absolute atomic E-state index is 11.5. The lowest BCUT2D eigenvalue weighted by molar-refractivity contribution is 0.455. The number of benzene rings is 2. The monoisotopic (exact) mass is 226 g/mol. The third kappa shape index (κ3) is 1.59. The summed E-state index contributed by atoms with van der Waals surface area (Å²) in [6.45, 7) is 0. The lowest BCUT2D eigenvalue weighted by Gasteiger charge is -2.03. The standard InChI is InChI=1S/C13H10N2O2/c16-12-8-15(13(17)14-12)11-6-5-9-3-1-2-4-10(9)7-11/h1-8,16H,(H,14,17). The number of hydrogen-bond acceptors (Lipinski definition) is 2. The fourth-order valence-corrected chi connectivity index (χ4v) is 1.90. The van der Waals surface area contributed by atoms with Crippen LogP contribution in [0.2, 0.25) is 0 Å². The van der Waals surface area contributed by atoms with Crippen LogP contribution in [0, 0.1) is 0 Å². The van der Waals surface area contributed by atoms with Crippen molar-refractivity contribution in [2.45, 2.75) is 0 Å². The van der Waals surface area contributed by atoms with Gasteiger partial charge in [0.05, 0.1) is 11.9 Å². The van der Waals surface area contributed by atoms with E-state index in [1.807, 2.05) is 42.5 Å². The van der Waals surface area contributed by atoms with E-state index in [-0.39, 0.29) is 11.6 Å². The molecular formula is C13H10N2O2. The van der Waals surface area contributed by atoms with Crippen LogP contribution in [0.4, 0.5) is 0 Å². The number of aromatic amines is 1. The van der Waals surface area contributed by atoms with Gasteiger partial charge in [0, 0.05) is 0 Å². The van der Waals surface area contributed by atoms with Crippen LogP contribution >= 0.6 is 0 Å². The molecule has 0 fully saturated rings. The summed E-state index contributed by atoms with van der Waals surface area (Å²) in [5.74, 6) is -0.136. The average Bonchev–Trinajstić information content (AvgIpc) is 2.68. The number of rotatable bonds is 1. The first-order valence-electron chi connectivity index (χ1n) is 5.24. The van der Waals surface area contributed by atoms with E-state index in [9.17, 15) is 9.90 Å². The Morgan fingerprint density at radius 2 is 1.82 bits per heavy atom. The van der Waals surface area contributed by atoms with Crippen molar-refractivity contribution in [1.29, 1.82) is 0 Å². The molecule has 0 bridgehead atoms. The molecule has 4 nitrogen and oxygen atoms in total. The molecule has 1 heterocycles. The van der Waals surface area contributed by atoms with Crippen LogP contribution in [-0.4, -0.2) is 14.7 Å². The predicted molar refractivity (Wildman–Crippen MR) is 65.6 cm³/mol. The Kier molecular flexibility index (Phi) is 2.01. The van der Waals surface area contributed by atoms with Gasteiger partial charge in [-0.15, -0.1) is 0 Å². The van der Waals surface area contributed by atoms with E-state index in [1.165, 1.54) is 10.8 Å². The number of H-pyrrole nitrogens is 1. The molecule has 0 amide bonds. The number of fused-ring (bicyclic) bond motifs is 1. The molecule has 3 aromatic rings. The van der Waals surface area contributed by atoms with Crippen molar-refractivity contribution < 1.29 is 5.11 Å². The molecule has 0 aliphatic carbocycles. The molecule has 0 saturated carbocycles. The van der Waals surface area contributed by atoms with Crippen molar-refractivity contribution in [3.8, 4) is 11.6 Å². The summed E-state index contributed by atoms with van der Waals surface area (Å²) in [6.07, 6.45) is 1.37. The molecule has 0 radical (unpaired) electrons. The molecule has 1 aromatic heterocycles. The van der Waals surface area contributed by atoms with Crippen molar-refractivity contribution in [3.05, 3.63) is 59.1 Å². The zero-order chi connectivity index (χ0) is 11.8. The summed E-state index contributed by atoms with van der Waals surface area (Å²) in [5, 5.41) is 11.4. The van der Waals surface area contributed by atoms with E-state index in [0.29, 0.717) is 0 Å². The second-order valence-electron chi connectivity index (χ2n) is 3.85. The molecule has 0 spiro atoms. The van der Waals surface area contributed by atoms with E-state index in [4.69, 9.17) is 0 Å². The van der Waals surface area contributed by atoms with E-state index >= 15 is 0 Å². The Labute approximate surface area is 96.8 Å². The second-order valence-corrected chi connectivity index (χ2v) is 3.85. The minimum Gasteiger partial charge on any atom is -0.493 e. The van der Waals surface area contributed by atoms with Crippen molar-refractivity contribution in [1.82, 2.24) is 9.55 Å². The molecule has 4 heteroatoms. The summed E-state index contributed by atoms with van der Waals surface area (Å²) in [6, 6.07) is 13.6. The van der Waals surface area contributed by atoms with Crippen LogP contribution in [0.3, 0.4) is 0 Å². The van der Waals surface area contributed by atoms with Crippen LogP contribution in [0.1, 0.15) is 0 Å². The minimum absolute atomic E-state index is 0.136. The lowest BCUT2D eigenvalue weighted by Crippen LogP contribution is -2.13. The molecule has 0 unspecified atom stereocenters. The number of aromatic hydroxyl groups is 1. The zero-order valence-electron chi connectivity index (χ0n) is 8.92. The topological polar surface area (TPSA) is 58.0 Å². The van der Waals surface area contributed by atoms with Crippen LogP contribution in [-0.2, 0) is 0 Å². The zero-order valence-corrected chi connectivity index (χ0v) is 8.92. The molecule has 84 valence electrons. The summed E-state index contributed by atoms with van der Waals surface area (Å²) in [7, 11) is 0. The van der Waals surface area contributed by atoms with Gasteiger partial charge in [-0.3, -0.25) is 9.55 Å². The Balaban J connectivity index is 2.25. The number of nitrogens with zero attached hydrogens (tertiary/aromatic N) is 1. The number of aromatic nitrogens is 2. The summed E-state index contributed by atoms with van der Waals surface area (Å²) >= 11 is 0. The van der Waals surface area contributed by atoms with Gasteiger partial charge >= 0.3 is 5.69 Å². The highest BCUT2D eigenvalue weighted by molar-refractivity contribution is 5.84.